The summed E-state index contributed by atoms with van der Waals surface area (Å²) in [5.41, 5.74) is 13.8. The van der Waals surface area contributed by atoms with Crippen molar-refractivity contribution in [3.8, 4) is 22.3 Å². The maximum atomic E-state index is 6.15. The van der Waals surface area contributed by atoms with Crippen LogP contribution < -0.4 is 9.80 Å². The molecule has 3 nitrogen and oxygen atoms in total. The second-order valence-corrected chi connectivity index (χ2v) is 16.3. The minimum absolute atomic E-state index is 0.233. The van der Waals surface area contributed by atoms with Gasteiger partial charge in [-0.15, -0.1) is 11.3 Å². The summed E-state index contributed by atoms with van der Waals surface area (Å²) in [6.07, 6.45) is 9.11. The normalized spacial score (nSPS) is 15.8. The number of anilines is 5. The maximum Gasteiger partial charge on any atom is 0.135 e. The molecule has 4 heteroatoms. The molecular weight excluding hydrogens is 725 g/mol. The van der Waals surface area contributed by atoms with Crippen molar-refractivity contribution < 1.29 is 4.42 Å². The molecule has 2 atom stereocenters. The molecule has 274 valence electrons. The van der Waals surface area contributed by atoms with Crippen molar-refractivity contribution in [3.05, 3.63) is 212 Å². The molecule has 0 radical (unpaired) electrons. The number of para-hydroxylation sites is 3. The van der Waals surface area contributed by atoms with Crippen LogP contribution in [-0.4, -0.2) is 6.04 Å². The summed E-state index contributed by atoms with van der Waals surface area (Å²) in [5.74, 6) is 0.328. The number of furan rings is 1. The lowest BCUT2D eigenvalue weighted by Crippen LogP contribution is -2.28. The fraction of sp³-hybridized carbons (Fsp3) is 0.0370. The zero-order valence-electron chi connectivity index (χ0n) is 31.5. The first-order chi connectivity index (χ1) is 28.7. The molecule has 2 aliphatic rings. The summed E-state index contributed by atoms with van der Waals surface area (Å²) in [6, 6.07) is 66.3. The molecule has 1 aliphatic heterocycles. The smallest absolute Gasteiger partial charge is 0.135 e. The van der Waals surface area contributed by atoms with Crippen LogP contribution in [0, 0.1) is 0 Å². The molecule has 2 aromatic heterocycles. The number of thiophene rings is 1. The SMILES string of the molecule is C1=CC2c3ccccc3N(c3cc(-c4ccc(N(c5ccccc5)c5cccc(-c6ccc7oc8ccccc8c7c6)c5)cc4)c4sc5ccccc5c4c3)C2C=C1. The lowest BCUT2D eigenvalue weighted by atomic mass is 9.91. The van der Waals surface area contributed by atoms with Crippen LogP contribution in [0.5, 0.6) is 0 Å². The largest absolute Gasteiger partial charge is 0.456 e. The highest BCUT2D eigenvalue weighted by Crippen LogP contribution is 2.51. The fourth-order valence-corrected chi connectivity index (χ4v) is 10.5. The Kier molecular flexibility index (Phi) is 7.54. The van der Waals surface area contributed by atoms with Gasteiger partial charge in [-0.2, -0.15) is 0 Å². The Morgan fingerprint density at radius 2 is 1.19 bits per heavy atom. The maximum absolute atomic E-state index is 6.15. The summed E-state index contributed by atoms with van der Waals surface area (Å²) in [7, 11) is 0. The van der Waals surface area contributed by atoms with Crippen molar-refractivity contribution >= 4 is 81.9 Å². The molecule has 1 aliphatic carbocycles. The van der Waals surface area contributed by atoms with Gasteiger partial charge in [0.05, 0.1) is 6.04 Å². The lowest BCUT2D eigenvalue weighted by Gasteiger charge is -2.29. The number of fused-ring (bicyclic) bond motifs is 9. The fourth-order valence-electron chi connectivity index (χ4n) is 9.30. The highest BCUT2D eigenvalue weighted by Gasteiger charge is 2.37. The van der Waals surface area contributed by atoms with Crippen LogP contribution in [0.15, 0.2) is 211 Å². The zero-order valence-corrected chi connectivity index (χ0v) is 32.3. The van der Waals surface area contributed by atoms with Gasteiger partial charge in [-0.3, -0.25) is 0 Å². The van der Waals surface area contributed by atoms with Crippen LogP contribution in [0.3, 0.4) is 0 Å². The summed E-state index contributed by atoms with van der Waals surface area (Å²) >= 11 is 1.89. The van der Waals surface area contributed by atoms with Gasteiger partial charge in [0.15, 0.2) is 0 Å². The van der Waals surface area contributed by atoms with Gasteiger partial charge in [-0.05, 0) is 101 Å². The topological polar surface area (TPSA) is 19.6 Å². The standard InChI is InChI=1S/C54H36N2OS/c1-2-14-38(15-3-1)55(40-16-12-13-36(31-40)37-27-30-52-47(32-37)44-19-6-10-23-51(44)57-52)39-28-25-35(26-29-39)46-33-41(34-48-45-20-7-11-24-53(45)58-54(46)48)56-49-21-8-4-17-42(49)43-18-5-9-22-50(43)56/h1-34,42,49H. The van der Waals surface area contributed by atoms with E-state index in [9.17, 15) is 0 Å². The molecule has 0 spiro atoms. The number of allylic oxidation sites excluding steroid dienone is 2. The predicted octanol–water partition coefficient (Wildman–Crippen LogP) is 15.5. The van der Waals surface area contributed by atoms with Crippen LogP contribution in [0.25, 0.3) is 64.4 Å². The van der Waals surface area contributed by atoms with Crippen molar-refractivity contribution in [3.63, 3.8) is 0 Å². The van der Waals surface area contributed by atoms with Crippen LogP contribution in [0.1, 0.15) is 11.5 Å². The van der Waals surface area contributed by atoms with Crippen molar-refractivity contribution in [1.82, 2.24) is 0 Å². The van der Waals surface area contributed by atoms with Gasteiger partial charge in [0.1, 0.15) is 11.2 Å². The summed E-state index contributed by atoms with van der Waals surface area (Å²) in [5, 5.41) is 4.88. The van der Waals surface area contributed by atoms with Gasteiger partial charge in [0.2, 0.25) is 0 Å². The van der Waals surface area contributed by atoms with Crippen molar-refractivity contribution in [1.29, 1.82) is 0 Å². The third-order valence-corrected chi connectivity index (χ3v) is 13.2. The van der Waals surface area contributed by atoms with E-state index in [1.807, 2.05) is 23.5 Å². The van der Waals surface area contributed by atoms with E-state index in [0.29, 0.717) is 5.92 Å². The monoisotopic (exact) mass is 760 g/mol. The molecular formula is C54H36N2OS. The molecule has 0 fully saturated rings. The molecule has 12 rings (SSSR count). The molecule has 8 aromatic carbocycles. The number of hydrogen-bond acceptors (Lipinski definition) is 4. The van der Waals surface area contributed by atoms with Crippen molar-refractivity contribution in [2.24, 2.45) is 0 Å². The molecule has 0 saturated heterocycles. The molecule has 10 aromatic rings. The van der Waals surface area contributed by atoms with Crippen LogP contribution in [-0.2, 0) is 0 Å². The van der Waals surface area contributed by atoms with Gasteiger partial charge < -0.3 is 14.2 Å². The third kappa shape index (κ3) is 5.26. The molecule has 3 heterocycles. The Labute approximate surface area is 340 Å². The molecule has 0 saturated carbocycles. The van der Waals surface area contributed by atoms with Gasteiger partial charge in [0.25, 0.3) is 0 Å². The van der Waals surface area contributed by atoms with E-state index in [1.54, 1.807) is 0 Å². The number of benzene rings is 8. The Balaban J connectivity index is 0.975. The lowest BCUT2D eigenvalue weighted by molar-refractivity contribution is 0.669. The number of rotatable bonds is 6. The summed E-state index contributed by atoms with van der Waals surface area (Å²) in [4.78, 5) is 4.91. The molecule has 58 heavy (non-hydrogen) atoms. The quantitative estimate of drug-likeness (QED) is 0.168. The second kappa shape index (κ2) is 13.2. The summed E-state index contributed by atoms with van der Waals surface area (Å²) < 4.78 is 8.78. The highest BCUT2D eigenvalue weighted by atomic mass is 32.1. The van der Waals surface area contributed by atoms with E-state index in [-0.39, 0.29) is 6.04 Å². The van der Waals surface area contributed by atoms with Gasteiger partial charge in [-0.25, -0.2) is 0 Å². The Morgan fingerprint density at radius 3 is 2.10 bits per heavy atom. The first-order valence-corrected chi connectivity index (χ1v) is 20.7. The molecule has 0 bridgehead atoms. The van der Waals surface area contributed by atoms with Crippen LogP contribution in [0.4, 0.5) is 28.4 Å². The van der Waals surface area contributed by atoms with Crippen molar-refractivity contribution in [2.45, 2.75) is 12.0 Å². The van der Waals surface area contributed by atoms with Crippen LogP contribution in [0.2, 0.25) is 0 Å². The third-order valence-electron chi connectivity index (χ3n) is 12.0. The van der Waals surface area contributed by atoms with E-state index in [4.69, 9.17) is 4.42 Å². The first kappa shape index (κ1) is 33.0. The van der Waals surface area contributed by atoms with Gasteiger partial charge >= 0.3 is 0 Å². The average molecular weight is 761 g/mol. The number of nitrogens with zero attached hydrogens (tertiary/aromatic N) is 2. The van der Waals surface area contributed by atoms with E-state index in [0.717, 1.165) is 50.1 Å². The molecule has 2 unspecified atom stereocenters. The van der Waals surface area contributed by atoms with Gasteiger partial charge in [-0.1, -0.05) is 127 Å². The Bertz CT molecular complexity index is 3260. The highest BCUT2D eigenvalue weighted by molar-refractivity contribution is 7.26. The minimum Gasteiger partial charge on any atom is -0.456 e. The second-order valence-electron chi connectivity index (χ2n) is 15.3. The summed E-state index contributed by atoms with van der Waals surface area (Å²) in [6.45, 7) is 0. The predicted molar refractivity (Wildman–Crippen MR) is 246 cm³/mol. The van der Waals surface area contributed by atoms with E-state index in [2.05, 4.69) is 204 Å². The Hall–Kier alpha value is -7.14. The van der Waals surface area contributed by atoms with E-state index in [1.165, 1.54) is 48.2 Å². The van der Waals surface area contributed by atoms with E-state index >= 15 is 0 Å². The van der Waals surface area contributed by atoms with Crippen molar-refractivity contribution in [2.75, 3.05) is 9.80 Å². The minimum atomic E-state index is 0.233. The number of hydrogen-bond donors (Lipinski definition) is 0. The zero-order chi connectivity index (χ0) is 38.2. The molecule has 0 N–H and O–H groups in total. The van der Waals surface area contributed by atoms with Gasteiger partial charge in [0, 0.05) is 70.9 Å². The average Bonchev–Trinajstić information content (AvgIpc) is 3.96. The van der Waals surface area contributed by atoms with Crippen LogP contribution >= 0.6 is 11.3 Å². The van der Waals surface area contributed by atoms with E-state index < -0.39 is 0 Å². The Morgan fingerprint density at radius 1 is 0.483 bits per heavy atom. The first-order valence-electron chi connectivity index (χ1n) is 19.9. The molecule has 0 amide bonds.